The van der Waals surface area contributed by atoms with Gasteiger partial charge in [-0.15, -0.1) is 16.4 Å². The molecule has 14 heteroatoms. The first kappa shape index (κ1) is 30.5. The van der Waals surface area contributed by atoms with Gasteiger partial charge in [0.2, 0.25) is 10.7 Å². The summed E-state index contributed by atoms with van der Waals surface area (Å²) in [7, 11) is 1.43. The molecule has 0 atom stereocenters. The highest BCUT2D eigenvalue weighted by molar-refractivity contribution is 9.10. The molecule has 0 bridgehead atoms. The summed E-state index contributed by atoms with van der Waals surface area (Å²) in [5, 5.41) is 16.7. The number of nitrogens with zero attached hydrogens (tertiary/aromatic N) is 8. The van der Waals surface area contributed by atoms with Crippen LogP contribution in [-0.2, 0) is 13.6 Å². The minimum Gasteiger partial charge on any atom is -0.303 e. The number of rotatable bonds is 7. The van der Waals surface area contributed by atoms with Gasteiger partial charge in [0.05, 0.1) is 11.9 Å². The Balaban J connectivity index is 1.37. The van der Waals surface area contributed by atoms with E-state index < -0.39 is 11.2 Å². The van der Waals surface area contributed by atoms with E-state index in [1.165, 1.54) is 18.4 Å². The van der Waals surface area contributed by atoms with E-state index in [1.807, 2.05) is 61.5 Å². The van der Waals surface area contributed by atoms with E-state index in [-0.39, 0.29) is 11.2 Å². The van der Waals surface area contributed by atoms with Crippen molar-refractivity contribution in [2.45, 2.75) is 13.5 Å². The maximum Gasteiger partial charge on any atom is 0.329 e. The maximum absolute atomic E-state index is 13.0. The van der Waals surface area contributed by atoms with Crippen LogP contribution in [0.2, 0.25) is 5.02 Å². The highest BCUT2D eigenvalue weighted by Crippen LogP contribution is 2.27. The Morgan fingerprint density at radius 1 is 1.00 bits per heavy atom. The normalized spacial score (nSPS) is 12.1. The molecule has 4 aromatic heterocycles. The van der Waals surface area contributed by atoms with E-state index in [2.05, 4.69) is 58.2 Å². The van der Waals surface area contributed by atoms with Crippen LogP contribution >= 0.6 is 38.9 Å². The van der Waals surface area contributed by atoms with Crippen LogP contribution in [-0.4, -0.2) is 39.7 Å². The van der Waals surface area contributed by atoms with Gasteiger partial charge in [0.25, 0.3) is 5.56 Å². The quantitative estimate of drug-likeness (QED) is 0.156. The van der Waals surface area contributed by atoms with E-state index in [1.54, 1.807) is 33.8 Å². The van der Waals surface area contributed by atoms with Crippen molar-refractivity contribution in [1.29, 1.82) is 0 Å². The summed E-state index contributed by atoms with van der Waals surface area (Å²) >= 11 is 11.2. The third-order valence-electron chi connectivity index (χ3n) is 7.57. The van der Waals surface area contributed by atoms with Gasteiger partial charge in [-0.1, -0.05) is 70.0 Å². The largest absolute Gasteiger partial charge is 0.329 e. The fourth-order valence-electron chi connectivity index (χ4n) is 5.24. The zero-order valence-corrected chi connectivity index (χ0v) is 28.2. The third kappa shape index (κ3) is 5.73. The molecular weight excluding hydrogens is 702 g/mol. The number of imidazole rings is 1. The molecule has 7 rings (SSSR count). The van der Waals surface area contributed by atoms with Crippen molar-refractivity contribution in [3.05, 3.63) is 131 Å². The molecule has 7 aromatic rings. The lowest BCUT2D eigenvalue weighted by Crippen LogP contribution is -2.33. The van der Waals surface area contributed by atoms with Crippen LogP contribution in [0, 0.1) is 0 Å². The minimum absolute atomic E-state index is 0.188. The molecule has 1 N–H and O–H groups in total. The monoisotopic (exact) mass is 725 g/mol. The summed E-state index contributed by atoms with van der Waals surface area (Å²) in [6, 6.07) is 25.4. The number of thiazole rings is 1. The van der Waals surface area contributed by atoms with Gasteiger partial charge in [0.1, 0.15) is 5.69 Å². The Hall–Kier alpha value is -5.11. The van der Waals surface area contributed by atoms with E-state index in [0.717, 1.165) is 31.5 Å². The second-order valence-electron chi connectivity index (χ2n) is 10.5. The number of hydrogen-bond donors (Lipinski definition) is 1. The number of para-hydroxylation sites is 1. The Kier molecular flexibility index (Phi) is 8.18. The lowest BCUT2D eigenvalue weighted by Gasteiger charge is -2.09. The number of aromatic nitrogens is 7. The molecule has 11 nitrogen and oxygen atoms in total. The van der Waals surface area contributed by atoms with Gasteiger partial charge in [0.15, 0.2) is 11.2 Å². The summed E-state index contributed by atoms with van der Waals surface area (Å²) in [6.45, 7) is 2.31. The second kappa shape index (κ2) is 12.6. The summed E-state index contributed by atoms with van der Waals surface area (Å²) in [5.74, 6) is 0.368. The molecule has 0 spiro atoms. The van der Waals surface area contributed by atoms with E-state index in [9.17, 15) is 9.59 Å². The standard InChI is InChI=1S/C33H25BrClN9O2S/c1-3-42-28-29(38-32(46)41(2)30(28)45)37-31(42)43-18-22(27(40-43)21-11-15-24(35)16-12-21)17-36-39-33-44(25-7-5-4-6-8-25)26(19-47-33)20-9-13-23(34)14-10-20/h4-19H,3H2,1-2H3,(H,38,46)/b36-17+,39-33-. The molecule has 0 aliphatic heterocycles. The molecule has 47 heavy (non-hydrogen) atoms. The first-order valence-corrected chi connectivity index (χ1v) is 16.5. The molecule has 0 radical (unpaired) electrons. The van der Waals surface area contributed by atoms with Crippen LogP contribution in [0.3, 0.4) is 0 Å². The zero-order valence-electron chi connectivity index (χ0n) is 25.0. The van der Waals surface area contributed by atoms with E-state index in [4.69, 9.17) is 16.7 Å². The minimum atomic E-state index is -0.545. The summed E-state index contributed by atoms with van der Waals surface area (Å²) in [5.41, 5.74) is 4.52. The van der Waals surface area contributed by atoms with Crippen LogP contribution in [0.15, 0.2) is 115 Å². The Morgan fingerprint density at radius 2 is 1.72 bits per heavy atom. The third-order valence-corrected chi connectivity index (χ3v) is 9.17. The highest BCUT2D eigenvalue weighted by atomic mass is 79.9. The Bertz CT molecular complexity index is 2470. The molecular formula is C33H25BrClN9O2S. The van der Waals surface area contributed by atoms with Crippen LogP contribution in [0.4, 0.5) is 0 Å². The fourth-order valence-corrected chi connectivity index (χ4v) is 6.49. The van der Waals surface area contributed by atoms with Gasteiger partial charge in [-0.3, -0.25) is 18.9 Å². The van der Waals surface area contributed by atoms with Crippen LogP contribution < -0.4 is 16.1 Å². The number of nitrogens with one attached hydrogen (secondary N) is 1. The summed E-state index contributed by atoms with van der Waals surface area (Å²) < 4.78 is 7.39. The number of aromatic amines is 1. The average molecular weight is 727 g/mol. The average Bonchev–Trinajstić information content (AvgIpc) is 3.80. The molecule has 3 aromatic carbocycles. The predicted octanol–water partition coefficient (Wildman–Crippen LogP) is 6.17. The molecule has 0 saturated carbocycles. The second-order valence-corrected chi connectivity index (χ2v) is 12.6. The summed E-state index contributed by atoms with van der Waals surface area (Å²) in [4.78, 5) is 33.3. The zero-order chi connectivity index (χ0) is 32.7. The van der Waals surface area contributed by atoms with Crippen molar-refractivity contribution in [3.63, 3.8) is 0 Å². The number of hydrogen-bond acceptors (Lipinski definition) is 7. The van der Waals surface area contributed by atoms with Gasteiger partial charge in [-0.25, -0.2) is 9.48 Å². The van der Waals surface area contributed by atoms with Crippen LogP contribution in [0.5, 0.6) is 0 Å². The van der Waals surface area contributed by atoms with Crippen molar-refractivity contribution in [3.8, 4) is 34.2 Å². The van der Waals surface area contributed by atoms with Crippen molar-refractivity contribution in [1.82, 2.24) is 33.4 Å². The molecule has 0 fully saturated rings. The number of aryl methyl sites for hydroxylation is 1. The van der Waals surface area contributed by atoms with Crippen LogP contribution in [0.25, 0.3) is 45.3 Å². The smallest absolute Gasteiger partial charge is 0.303 e. The molecule has 4 heterocycles. The molecule has 0 aliphatic rings. The van der Waals surface area contributed by atoms with Gasteiger partial charge < -0.3 is 4.57 Å². The highest BCUT2D eigenvalue weighted by Gasteiger charge is 2.20. The van der Waals surface area contributed by atoms with Gasteiger partial charge in [0, 0.05) is 51.5 Å². The van der Waals surface area contributed by atoms with E-state index in [0.29, 0.717) is 33.6 Å². The first-order chi connectivity index (χ1) is 22.8. The number of H-pyrrole nitrogens is 1. The fraction of sp³-hybridized carbons (Fsp3) is 0.0909. The molecule has 0 saturated heterocycles. The van der Waals surface area contributed by atoms with Gasteiger partial charge in [-0.05, 0) is 48.9 Å². The Labute approximate surface area is 284 Å². The number of fused-ring (bicyclic) bond motifs is 1. The molecule has 234 valence electrons. The number of benzene rings is 3. The molecule has 0 unspecified atom stereocenters. The topological polar surface area (TPSA) is 120 Å². The Morgan fingerprint density at radius 3 is 2.45 bits per heavy atom. The van der Waals surface area contributed by atoms with Crippen molar-refractivity contribution in [2.75, 3.05) is 0 Å². The van der Waals surface area contributed by atoms with Gasteiger partial charge >= 0.3 is 5.69 Å². The molecule has 0 amide bonds. The predicted molar refractivity (Wildman–Crippen MR) is 189 cm³/mol. The lowest BCUT2D eigenvalue weighted by molar-refractivity contribution is 0.696. The van der Waals surface area contributed by atoms with Crippen molar-refractivity contribution >= 4 is 56.2 Å². The summed E-state index contributed by atoms with van der Waals surface area (Å²) in [6.07, 6.45) is 3.41. The maximum atomic E-state index is 13.0. The number of halogens is 2. The first-order valence-electron chi connectivity index (χ1n) is 14.5. The van der Waals surface area contributed by atoms with Crippen LogP contribution in [0.1, 0.15) is 12.5 Å². The van der Waals surface area contributed by atoms with E-state index >= 15 is 0 Å². The SMILES string of the molecule is CCn1c(-n2cc(/C=N/N=c3\scc(-c4ccc(Br)cc4)n3-c3ccccc3)c(-c3ccc(Cl)cc3)n2)nc2[nH]c(=O)n(C)c(=O)c21. The lowest BCUT2D eigenvalue weighted by atomic mass is 10.1. The van der Waals surface area contributed by atoms with Gasteiger partial charge in [-0.2, -0.15) is 15.2 Å². The van der Waals surface area contributed by atoms with Crippen molar-refractivity contribution < 1.29 is 0 Å². The van der Waals surface area contributed by atoms with Crippen molar-refractivity contribution in [2.24, 2.45) is 17.3 Å². The molecule has 0 aliphatic carbocycles.